The summed E-state index contributed by atoms with van der Waals surface area (Å²) in [5.41, 5.74) is 3.47. The van der Waals surface area contributed by atoms with Gasteiger partial charge in [0.05, 0.1) is 17.8 Å². The van der Waals surface area contributed by atoms with E-state index in [0.717, 1.165) is 42.5 Å². The van der Waals surface area contributed by atoms with Gasteiger partial charge in [-0.15, -0.1) is 0 Å². The summed E-state index contributed by atoms with van der Waals surface area (Å²) in [5.74, 6) is -0.327. The summed E-state index contributed by atoms with van der Waals surface area (Å²) in [6.07, 6.45) is 5.40. The van der Waals surface area contributed by atoms with Crippen molar-refractivity contribution in [2.24, 2.45) is 5.92 Å². The summed E-state index contributed by atoms with van der Waals surface area (Å²) < 4.78 is 11.5. The number of hydrogen-bond acceptors (Lipinski definition) is 6. The molecular weight excluding hydrogens is 608 g/mol. The Labute approximate surface area is 283 Å². The molecule has 256 valence electrons. The van der Waals surface area contributed by atoms with Crippen molar-refractivity contribution in [2.45, 2.75) is 72.3 Å². The average Bonchev–Trinajstić information content (AvgIpc) is 3.04. The Bertz CT molecular complexity index is 1590. The number of amides is 4. The molecule has 1 aliphatic rings. The third-order valence-corrected chi connectivity index (χ3v) is 8.10. The molecule has 10 nitrogen and oxygen atoms in total. The third kappa shape index (κ3) is 10.6. The second-order valence-electron chi connectivity index (χ2n) is 13.5. The molecule has 0 aliphatic heterocycles. The quantitative estimate of drug-likeness (QED) is 0.214. The number of carbonyl (C=O) groups is 4. The number of para-hydroxylation sites is 2. The molecule has 0 atom stereocenters. The maximum absolute atomic E-state index is 13.8. The van der Waals surface area contributed by atoms with Crippen molar-refractivity contribution in [1.82, 2.24) is 5.32 Å². The summed E-state index contributed by atoms with van der Waals surface area (Å²) >= 11 is 0. The highest BCUT2D eigenvalue weighted by Crippen LogP contribution is 2.32. The van der Waals surface area contributed by atoms with Crippen LogP contribution in [-0.4, -0.2) is 56.2 Å². The van der Waals surface area contributed by atoms with E-state index in [1.54, 1.807) is 74.0 Å². The fraction of sp³-hybridized carbons (Fsp3) is 0.421. The first-order valence-corrected chi connectivity index (χ1v) is 16.5. The van der Waals surface area contributed by atoms with E-state index in [0.29, 0.717) is 35.2 Å². The lowest BCUT2D eigenvalue weighted by Gasteiger charge is -2.31. The van der Waals surface area contributed by atoms with Gasteiger partial charge in [-0.2, -0.15) is 0 Å². The largest absolute Gasteiger partial charge is 0.482 e. The molecule has 0 radical (unpaired) electrons. The highest BCUT2D eigenvalue weighted by atomic mass is 16.6. The van der Waals surface area contributed by atoms with Crippen molar-refractivity contribution >= 4 is 40.9 Å². The van der Waals surface area contributed by atoms with Gasteiger partial charge < -0.3 is 29.9 Å². The summed E-state index contributed by atoms with van der Waals surface area (Å²) in [7, 11) is 1.72. The number of rotatable bonds is 11. The smallest absolute Gasteiger partial charge is 0.338 e. The van der Waals surface area contributed by atoms with Crippen molar-refractivity contribution in [3.8, 4) is 5.75 Å². The van der Waals surface area contributed by atoms with Crippen LogP contribution in [0.15, 0.2) is 66.7 Å². The normalized spacial score (nSPS) is 13.3. The van der Waals surface area contributed by atoms with Gasteiger partial charge in [0.15, 0.2) is 6.61 Å². The number of nitrogens with zero attached hydrogens (tertiary/aromatic N) is 2. The van der Waals surface area contributed by atoms with E-state index in [4.69, 9.17) is 9.47 Å². The monoisotopic (exact) mass is 656 g/mol. The molecule has 1 saturated carbocycles. The number of nitrogens with one attached hydrogen (secondary N) is 2. The predicted octanol–water partition coefficient (Wildman–Crippen LogP) is 7.04. The standard InChI is InChI=1S/C38H48N4O6/c1-26-19-27(2)21-31(20-26)41(6)35(44)25-47-33-18-11-10-17-32(33)42(24-28-13-8-7-9-14-28)34(43)23-39-37(46)40-30-16-12-15-29(22-30)36(45)48-38(3,4)5/h10-12,15-22,28H,7-9,13-14,23-25H2,1-6H3,(H2,39,40,46). The molecule has 3 aromatic rings. The lowest BCUT2D eigenvalue weighted by Crippen LogP contribution is -2.44. The van der Waals surface area contributed by atoms with Crippen LogP contribution < -0.4 is 25.2 Å². The minimum Gasteiger partial charge on any atom is -0.482 e. The third-order valence-electron chi connectivity index (χ3n) is 8.10. The molecule has 4 rings (SSSR count). The Balaban J connectivity index is 1.45. The SMILES string of the molecule is Cc1cc(C)cc(N(C)C(=O)COc2ccccc2N(CC2CCCCC2)C(=O)CNC(=O)Nc2cccc(C(=O)OC(C)(C)C)c2)c1. The molecule has 48 heavy (non-hydrogen) atoms. The number of carbonyl (C=O) groups excluding carboxylic acids is 4. The van der Waals surface area contributed by atoms with Gasteiger partial charge in [-0.3, -0.25) is 9.59 Å². The summed E-state index contributed by atoms with van der Waals surface area (Å²) in [4.78, 5) is 55.5. The van der Waals surface area contributed by atoms with Crippen LogP contribution in [-0.2, 0) is 14.3 Å². The zero-order valence-corrected chi connectivity index (χ0v) is 28.9. The molecular formula is C38H48N4O6. The number of benzene rings is 3. The Morgan fingerprint density at radius 2 is 1.54 bits per heavy atom. The fourth-order valence-electron chi connectivity index (χ4n) is 5.78. The fourth-order valence-corrected chi connectivity index (χ4v) is 5.78. The first-order valence-electron chi connectivity index (χ1n) is 16.5. The van der Waals surface area contributed by atoms with Gasteiger partial charge in [0.1, 0.15) is 11.4 Å². The van der Waals surface area contributed by atoms with E-state index in [1.165, 1.54) is 12.5 Å². The molecule has 1 aliphatic carbocycles. The second kappa shape index (κ2) is 16.3. The van der Waals surface area contributed by atoms with E-state index < -0.39 is 17.6 Å². The van der Waals surface area contributed by atoms with Crippen molar-refractivity contribution in [2.75, 3.05) is 41.9 Å². The molecule has 2 N–H and O–H groups in total. The number of aryl methyl sites for hydroxylation is 2. The zero-order chi connectivity index (χ0) is 34.8. The number of hydrogen-bond donors (Lipinski definition) is 2. The van der Waals surface area contributed by atoms with Crippen molar-refractivity contribution in [3.05, 3.63) is 83.4 Å². The molecule has 0 unspecified atom stereocenters. The van der Waals surface area contributed by atoms with Gasteiger partial charge in [0.25, 0.3) is 5.91 Å². The number of anilines is 3. The van der Waals surface area contributed by atoms with Crippen LogP contribution >= 0.6 is 0 Å². The Kier molecular flexibility index (Phi) is 12.2. The number of likely N-dealkylation sites (N-methyl/N-ethyl adjacent to an activating group) is 1. The predicted molar refractivity (Wildman–Crippen MR) is 189 cm³/mol. The Hall–Kier alpha value is -4.86. The summed E-state index contributed by atoms with van der Waals surface area (Å²) in [6.45, 7) is 9.31. The highest BCUT2D eigenvalue weighted by Gasteiger charge is 2.26. The topological polar surface area (TPSA) is 117 Å². The van der Waals surface area contributed by atoms with Gasteiger partial charge in [0.2, 0.25) is 5.91 Å². The lowest BCUT2D eigenvalue weighted by atomic mass is 9.89. The van der Waals surface area contributed by atoms with E-state index in [9.17, 15) is 19.2 Å². The second-order valence-corrected chi connectivity index (χ2v) is 13.5. The Morgan fingerprint density at radius 1 is 0.854 bits per heavy atom. The van der Waals surface area contributed by atoms with E-state index >= 15 is 0 Å². The first-order chi connectivity index (χ1) is 22.8. The minimum atomic E-state index is -0.655. The molecule has 10 heteroatoms. The molecule has 4 amide bonds. The molecule has 0 bridgehead atoms. The van der Waals surface area contributed by atoms with Crippen LogP contribution in [0.2, 0.25) is 0 Å². The van der Waals surface area contributed by atoms with Crippen LogP contribution in [0.3, 0.4) is 0 Å². The number of esters is 1. The lowest BCUT2D eigenvalue weighted by molar-refractivity contribution is -0.120. The van der Waals surface area contributed by atoms with E-state index in [2.05, 4.69) is 16.7 Å². The molecule has 3 aromatic carbocycles. The van der Waals surface area contributed by atoms with Crippen LogP contribution in [0.1, 0.15) is 74.4 Å². The van der Waals surface area contributed by atoms with Gasteiger partial charge in [-0.1, -0.05) is 43.5 Å². The zero-order valence-electron chi connectivity index (χ0n) is 28.9. The maximum atomic E-state index is 13.8. The van der Waals surface area contributed by atoms with Crippen molar-refractivity contribution in [1.29, 1.82) is 0 Å². The van der Waals surface area contributed by atoms with Gasteiger partial charge in [-0.25, -0.2) is 9.59 Å². The first kappa shape index (κ1) is 36.0. The molecule has 0 heterocycles. The van der Waals surface area contributed by atoms with Crippen LogP contribution in [0.5, 0.6) is 5.75 Å². The number of ether oxygens (including phenoxy) is 2. The summed E-state index contributed by atoms with van der Waals surface area (Å²) in [6, 6.07) is 19.0. The average molecular weight is 657 g/mol. The van der Waals surface area contributed by atoms with Gasteiger partial charge in [-0.05, 0) is 107 Å². The van der Waals surface area contributed by atoms with Gasteiger partial charge >= 0.3 is 12.0 Å². The van der Waals surface area contributed by atoms with Crippen LogP contribution in [0.4, 0.5) is 21.9 Å². The van der Waals surface area contributed by atoms with Crippen molar-refractivity contribution in [3.63, 3.8) is 0 Å². The molecule has 0 spiro atoms. The van der Waals surface area contributed by atoms with Gasteiger partial charge in [0, 0.05) is 25.0 Å². The van der Waals surface area contributed by atoms with Crippen LogP contribution in [0.25, 0.3) is 0 Å². The summed E-state index contributed by atoms with van der Waals surface area (Å²) in [5, 5.41) is 5.35. The number of urea groups is 1. The van der Waals surface area contributed by atoms with Crippen molar-refractivity contribution < 1.29 is 28.7 Å². The van der Waals surface area contributed by atoms with Crippen LogP contribution in [0, 0.1) is 19.8 Å². The highest BCUT2D eigenvalue weighted by molar-refractivity contribution is 6.00. The Morgan fingerprint density at radius 3 is 2.23 bits per heavy atom. The minimum absolute atomic E-state index is 0.213. The molecule has 0 aromatic heterocycles. The van der Waals surface area contributed by atoms with E-state index in [-0.39, 0.29) is 25.0 Å². The maximum Gasteiger partial charge on any atom is 0.338 e. The molecule has 0 saturated heterocycles. The van der Waals surface area contributed by atoms with E-state index in [1.807, 2.05) is 32.0 Å². The molecule has 1 fully saturated rings.